The summed E-state index contributed by atoms with van der Waals surface area (Å²) in [6, 6.07) is 57.2. The molecule has 0 saturated heterocycles. The van der Waals surface area contributed by atoms with Crippen LogP contribution in [0.2, 0.25) is 0 Å². The molecule has 0 aliphatic rings. The number of rotatable bonds is 0. The first kappa shape index (κ1) is 23.3. The van der Waals surface area contributed by atoms with Crippen LogP contribution in [0.3, 0.4) is 0 Å². The number of benzene rings is 10. The molecule has 0 spiro atoms. The number of hydrogen-bond donors (Lipinski definition) is 0. The van der Waals surface area contributed by atoms with E-state index < -0.39 is 0 Å². The third-order valence-electron chi connectivity index (χ3n) is 9.04. The van der Waals surface area contributed by atoms with Gasteiger partial charge in [-0.05, 0) is 86.2 Å². The third kappa shape index (κ3) is 3.36. The Balaban J connectivity index is 0.000000120. The fourth-order valence-corrected chi connectivity index (χ4v) is 7.14. The number of fused-ring (bicyclic) bond motifs is 10. The van der Waals surface area contributed by atoms with E-state index in [0.717, 1.165) is 0 Å². The summed E-state index contributed by atoms with van der Waals surface area (Å²) in [5, 5.41) is 21.5. The first-order valence-electron chi connectivity index (χ1n) is 14.6. The fourth-order valence-electron chi connectivity index (χ4n) is 7.14. The quantitative estimate of drug-likeness (QED) is 0.135. The molecular formula is C42H26. The highest BCUT2D eigenvalue weighted by Crippen LogP contribution is 2.40. The summed E-state index contributed by atoms with van der Waals surface area (Å²) >= 11 is 0. The van der Waals surface area contributed by atoms with Gasteiger partial charge in [-0.15, -0.1) is 0 Å². The molecule has 0 radical (unpaired) electrons. The average molecular weight is 531 g/mol. The lowest BCUT2D eigenvalue weighted by atomic mass is 9.89. The molecule has 10 aromatic carbocycles. The van der Waals surface area contributed by atoms with Crippen LogP contribution < -0.4 is 0 Å². The Labute approximate surface area is 243 Å². The molecular weight excluding hydrogens is 504 g/mol. The van der Waals surface area contributed by atoms with E-state index >= 15 is 0 Å². The van der Waals surface area contributed by atoms with Crippen molar-refractivity contribution < 1.29 is 0 Å². The SMILES string of the molecule is c1ccc2c(c1)c1cccc3ccc4cccc2c4c31.c1ccc2c(c1)ccc1c2ccc2c3ccccc3ccc21. The minimum absolute atomic E-state index is 1.30. The molecule has 194 valence electrons. The smallest absolute Gasteiger partial charge is 0.00203 e. The lowest BCUT2D eigenvalue weighted by Gasteiger charge is -2.14. The monoisotopic (exact) mass is 530 g/mol. The lowest BCUT2D eigenvalue weighted by Crippen LogP contribution is -1.86. The molecule has 0 aliphatic heterocycles. The van der Waals surface area contributed by atoms with Crippen LogP contribution in [0, 0.1) is 0 Å². The molecule has 0 N–H and O–H groups in total. The minimum atomic E-state index is 1.30. The van der Waals surface area contributed by atoms with E-state index in [1.54, 1.807) is 0 Å². The molecule has 0 heteroatoms. The summed E-state index contributed by atoms with van der Waals surface area (Å²) in [7, 11) is 0. The van der Waals surface area contributed by atoms with Gasteiger partial charge in [-0.3, -0.25) is 0 Å². The molecule has 10 aromatic rings. The van der Waals surface area contributed by atoms with Crippen LogP contribution in [0.1, 0.15) is 0 Å². The maximum atomic E-state index is 2.27. The maximum Gasteiger partial charge on any atom is -0.00203 e. The van der Waals surface area contributed by atoms with Crippen LogP contribution in [0.4, 0.5) is 0 Å². The first-order chi connectivity index (χ1) is 20.8. The summed E-state index contributed by atoms with van der Waals surface area (Å²) in [5.41, 5.74) is 0. The molecule has 0 bridgehead atoms. The topological polar surface area (TPSA) is 0 Å². The van der Waals surface area contributed by atoms with Gasteiger partial charge >= 0.3 is 0 Å². The zero-order valence-electron chi connectivity index (χ0n) is 23.0. The van der Waals surface area contributed by atoms with Crippen LogP contribution >= 0.6 is 0 Å². The van der Waals surface area contributed by atoms with Crippen LogP contribution in [-0.2, 0) is 0 Å². The van der Waals surface area contributed by atoms with Gasteiger partial charge in [0.15, 0.2) is 0 Å². The van der Waals surface area contributed by atoms with Gasteiger partial charge in [-0.1, -0.05) is 158 Å². The van der Waals surface area contributed by atoms with Gasteiger partial charge in [-0.2, -0.15) is 0 Å². The molecule has 0 aliphatic carbocycles. The van der Waals surface area contributed by atoms with Gasteiger partial charge in [0.2, 0.25) is 0 Å². The van der Waals surface area contributed by atoms with Crippen LogP contribution in [0.5, 0.6) is 0 Å². The normalized spacial score (nSPS) is 11.8. The highest BCUT2D eigenvalue weighted by atomic mass is 14.1. The highest BCUT2D eigenvalue weighted by Gasteiger charge is 2.12. The van der Waals surface area contributed by atoms with Gasteiger partial charge in [0, 0.05) is 0 Å². The van der Waals surface area contributed by atoms with Gasteiger partial charge in [0.1, 0.15) is 0 Å². The van der Waals surface area contributed by atoms with Crippen molar-refractivity contribution in [1.29, 1.82) is 0 Å². The predicted octanol–water partition coefficient (Wildman–Crippen LogP) is 12.0. The molecule has 0 unspecified atom stereocenters. The standard InChI is InChI=1S/C22H14.C20H12/c1-3-7-17-15(5-1)9-11-21-19(17)13-14-20-18-8-4-2-6-16(18)10-12-22(20)21;1-2-8-16-15(7-1)17-9-3-5-13-11-12-14-6-4-10-18(16)20(14)19(13)17/h1-14H;1-12H. The predicted molar refractivity (Wildman–Crippen MR) is 184 cm³/mol. The van der Waals surface area contributed by atoms with Crippen molar-refractivity contribution in [3.63, 3.8) is 0 Å². The Hall–Kier alpha value is -5.46. The van der Waals surface area contributed by atoms with Crippen LogP contribution in [0.25, 0.3) is 86.2 Å². The van der Waals surface area contributed by atoms with E-state index in [2.05, 4.69) is 158 Å². The highest BCUT2D eigenvalue weighted by molar-refractivity contribution is 6.33. The van der Waals surface area contributed by atoms with Crippen molar-refractivity contribution in [2.24, 2.45) is 0 Å². The lowest BCUT2D eigenvalue weighted by molar-refractivity contribution is 1.78. The van der Waals surface area contributed by atoms with Crippen molar-refractivity contribution in [3.05, 3.63) is 158 Å². The summed E-state index contributed by atoms with van der Waals surface area (Å²) in [4.78, 5) is 0. The van der Waals surface area contributed by atoms with Crippen LogP contribution in [-0.4, -0.2) is 0 Å². The fraction of sp³-hybridized carbons (Fsp3) is 0. The van der Waals surface area contributed by atoms with Crippen molar-refractivity contribution in [1.82, 2.24) is 0 Å². The molecule has 0 atom stereocenters. The first-order valence-corrected chi connectivity index (χ1v) is 14.6. The van der Waals surface area contributed by atoms with E-state index in [4.69, 9.17) is 0 Å². The number of hydrogen-bond acceptors (Lipinski definition) is 0. The van der Waals surface area contributed by atoms with E-state index in [1.807, 2.05) is 0 Å². The Morgan fingerprint density at radius 1 is 0.167 bits per heavy atom. The largest absolute Gasteiger partial charge is 0.0616 e. The molecule has 0 amide bonds. The second kappa shape index (κ2) is 9.03. The van der Waals surface area contributed by atoms with Crippen molar-refractivity contribution in [2.45, 2.75) is 0 Å². The van der Waals surface area contributed by atoms with Gasteiger partial charge in [-0.25, -0.2) is 0 Å². The Morgan fingerprint density at radius 2 is 0.452 bits per heavy atom. The molecule has 10 rings (SSSR count). The second-order valence-corrected chi connectivity index (χ2v) is 11.2. The van der Waals surface area contributed by atoms with Crippen molar-refractivity contribution >= 4 is 86.2 Å². The van der Waals surface area contributed by atoms with Crippen molar-refractivity contribution in [2.75, 3.05) is 0 Å². The Morgan fingerprint density at radius 3 is 0.929 bits per heavy atom. The Bertz CT molecular complexity index is 2440. The van der Waals surface area contributed by atoms with Gasteiger partial charge in [0.25, 0.3) is 0 Å². The van der Waals surface area contributed by atoms with Gasteiger partial charge in [0.05, 0.1) is 0 Å². The maximum absolute atomic E-state index is 2.27. The average Bonchev–Trinajstić information content (AvgIpc) is 3.07. The molecule has 0 fully saturated rings. The molecule has 0 aromatic heterocycles. The summed E-state index contributed by atoms with van der Waals surface area (Å²) in [5.74, 6) is 0. The molecule has 0 nitrogen and oxygen atoms in total. The van der Waals surface area contributed by atoms with E-state index in [9.17, 15) is 0 Å². The molecule has 42 heavy (non-hydrogen) atoms. The van der Waals surface area contributed by atoms with E-state index in [0.29, 0.717) is 0 Å². The minimum Gasteiger partial charge on any atom is -0.0616 e. The molecule has 0 saturated carbocycles. The summed E-state index contributed by atoms with van der Waals surface area (Å²) in [6.07, 6.45) is 0. The van der Waals surface area contributed by atoms with Gasteiger partial charge < -0.3 is 0 Å². The van der Waals surface area contributed by atoms with Crippen molar-refractivity contribution in [3.8, 4) is 0 Å². The van der Waals surface area contributed by atoms with E-state index in [-0.39, 0.29) is 0 Å². The molecule has 0 heterocycles. The third-order valence-corrected chi connectivity index (χ3v) is 9.04. The Kier molecular flexibility index (Phi) is 5.00. The van der Waals surface area contributed by atoms with Crippen LogP contribution in [0.15, 0.2) is 158 Å². The van der Waals surface area contributed by atoms with E-state index in [1.165, 1.54) is 86.2 Å². The second-order valence-electron chi connectivity index (χ2n) is 11.2. The summed E-state index contributed by atoms with van der Waals surface area (Å²) in [6.45, 7) is 0. The zero-order chi connectivity index (χ0) is 27.6. The zero-order valence-corrected chi connectivity index (χ0v) is 23.0. The summed E-state index contributed by atoms with van der Waals surface area (Å²) < 4.78 is 0.